The summed E-state index contributed by atoms with van der Waals surface area (Å²) in [6.45, 7) is 2.94. The smallest absolute Gasteiger partial charge is 0.407 e. The van der Waals surface area contributed by atoms with E-state index in [4.69, 9.17) is 28.9 Å². The van der Waals surface area contributed by atoms with E-state index in [2.05, 4.69) is 81.2 Å². The van der Waals surface area contributed by atoms with Crippen LogP contribution in [0.4, 0.5) is 9.59 Å². The molecule has 0 unspecified atom stereocenters. The van der Waals surface area contributed by atoms with Crippen molar-refractivity contribution < 1.29 is 38.1 Å². The normalized spacial score (nSPS) is 25.3. The number of carbonyl (C=O) groups is 4. The van der Waals surface area contributed by atoms with Gasteiger partial charge in [0.25, 0.3) is 0 Å². The van der Waals surface area contributed by atoms with Crippen molar-refractivity contribution in [2.24, 2.45) is 28.2 Å². The number of alkyl carbamates (subject to hydrolysis) is 2. The summed E-state index contributed by atoms with van der Waals surface area (Å²) < 4.78 is 21.1. The Morgan fingerprint density at radius 2 is 1.35 bits per heavy atom. The van der Waals surface area contributed by atoms with Gasteiger partial charge in [0, 0.05) is 62.9 Å². The van der Waals surface area contributed by atoms with Crippen molar-refractivity contribution in [2.45, 2.75) is 101 Å². The topological polar surface area (TPSA) is 177 Å². The minimum Gasteiger partial charge on any atom is -0.453 e. The predicted molar refractivity (Wildman–Crippen MR) is 255 cm³/mol. The maximum absolute atomic E-state index is 14.4. The summed E-state index contributed by atoms with van der Waals surface area (Å²) in [5.74, 6) is 0.993. The highest BCUT2D eigenvalue weighted by Crippen LogP contribution is 2.58. The molecule has 4 aromatic rings. The molecule has 0 radical (unpaired) electrons. The highest BCUT2D eigenvalue weighted by molar-refractivity contribution is 6.04. The molecule has 4 amide bonds. The van der Waals surface area contributed by atoms with Crippen molar-refractivity contribution in [1.82, 2.24) is 30.4 Å². The Morgan fingerprint density at radius 1 is 0.750 bits per heavy atom. The predicted octanol–water partition coefficient (Wildman–Crippen LogP) is 7.82. The summed E-state index contributed by atoms with van der Waals surface area (Å²) >= 11 is 0. The number of fused-ring (bicyclic) bond motifs is 3. The van der Waals surface area contributed by atoms with E-state index in [9.17, 15) is 19.2 Å². The average Bonchev–Trinajstić information content (AvgIpc) is 4.03. The highest BCUT2D eigenvalue weighted by Gasteiger charge is 2.56. The van der Waals surface area contributed by atoms with E-state index >= 15 is 0 Å². The largest absolute Gasteiger partial charge is 0.453 e. The van der Waals surface area contributed by atoms with Crippen LogP contribution in [0.25, 0.3) is 38.7 Å². The van der Waals surface area contributed by atoms with Gasteiger partial charge in [-0.05, 0) is 133 Å². The zero-order valence-corrected chi connectivity index (χ0v) is 38.9. The molecule has 2 bridgehead atoms. The summed E-state index contributed by atoms with van der Waals surface area (Å²) in [6, 6.07) is 20.2. The number of nitrogens with one attached hydrogen (secondary N) is 3. The van der Waals surface area contributed by atoms with Crippen LogP contribution in [0.5, 0.6) is 0 Å². The number of hydrogen-bond acceptors (Lipinski definition) is 10. The fraction of sp³-hybridized carbons (Fsp3) is 0.509. The SMILES string of the molecule is COC(=O)N[C@H](C(=O)N1CC2(CC2)C[C@H]1c1ncc(-c2ccc3cc(-c4ccc(C5=CN=C([C@@H]6[C@H]7CC[C@H](C7)N6C(=O)[C@@H](NC(=O)OC)C6CCOCC6)C5)cc4)ccc3c2)[nH]1)C1CCOCC1. The molecule has 6 atom stereocenters. The number of rotatable bonds is 11. The number of nitrogens with zero attached hydrogens (tertiary/aromatic N) is 4. The summed E-state index contributed by atoms with van der Waals surface area (Å²) in [7, 11) is 2.66. The number of carbonyl (C=O) groups excluding carboxylic acids is 4. The van der Waals surface area contributed by atoms with Crippen molar-refractivity contribution in [3.05, 3.63) is 84.4 Å². The molecule has 1 spiro atoms. The Morgan fingerprint density at radius 3 is 2.00 bits per heavy atom. The van der Waals surface area contributed by atoms with Gasteiger partial charge in [-0.1, -0.05) is 48.5 Å². The molecule has 356 valence electrons. The van der Waals surface area contributed by atoms with Crippen LogP contribution in [0.1, 0.15) is 88.1 Å². The van der Waals surface area contributed by atoms with Crippen molar-refractivity contribution >= 4 is 46.1 Å². The molecule has 5 aliphatic heterocycles. The number of hydrogen-bond donors (Lipinski definition) is 3. The third-order valence-electron chi connectivity index (χ3n) is 16.3. The van der Waals surface area contributed by atoms with Crippen LogP contribution in [0.15, 0.2) is 78.1 Å². The molecule has 2 saturated carbocycles. The number of amides is 4. The molecule has 3 N–H and O–H groups in total. The lowest BCUT2D eigenvalue weighted by atomic mass is 9.87. The van der Waals surface area contributed by atoms with Crippen LogP contribution in [-0.4, -0.2) is 121 Å². The molecule has 4 saturated heterocycles. The monoisotopic (exact) mass is 923 g/mol. The number of aromatic amines is 1. The molecular weight excluding hydrogens is 863 g/mol. The molecule has 2 aliphatic carbocycles. The van der Waals surface area contributed by atoms with E-state index in [1.54, 1.807) is 0 Å². The standard InChI is InChI=1S/C53H61N7O8/c1-65-51(63)57-45(33-13-19-67-20-14-33)49(61)59-30-53(17-18-53)27-44(59)48-55-29-43(56-48)38-10-9-36-23-35(7-8-37(36)24-38)31-3-5-32(6-4-31)40-26-42(54-28-40)47-39-11-12-41(25-39)60(47)50(62)46(58-52(64)66-2)34-15-21-68-22-16-34/h3-10,23-24,28-29,33-34,39,41,44-47H,11-22,25-27,30H2,1-2H3,(H,55,56)(H,57,63)(H,58,64)/t39-,41+,44-,45-,46-,47-/m0/s1. The highest BCUT2D eigenvalue weighted by atomic mass is 16.5. The molecule has 6 fully saturated rings. The van der Waals surface area contributed by atoms with Crippen LogP contribution < -0.4 is 10.6 Å². The lowest BCUT2D eigenvalue weighted by molar-refractivity contribution is -0.139. The van der Waals surface area contributed by atoms with Crippen molar-refractivity contribution in [3.63, 3.8) is 0 Å². The van der Waals surface area contributed by atoms with Crippen molar-refractivity contribution in [3.8, 4) is 22.4 Å². The molecule has 11 rings (SSSR count). The first-order valence-electron chi connectivity index (χ1n) is 24.6. The Labute approximate surface area is 396 Å². The van der Waals surface area contributed by atoms with E-state index in [0.29, 0.717) is 58.2 Å². The minimum atomic E-state index is -0.683. The Hall–Kier alpha value is -6.06. The molecule has 1 aromatic heterocycles. The van der Waals surface area contributed by atoms with Gasteiger partial charge >= 0.3 is 12.2 Å². The van der Waals surface area contributed by atoms with Gasteiger partial charge in [-0.2, -0.15) is 0 Å². The lowest BCUT2D eigenvalue weighted by Crippen LogP contribution is -2.58. The number of piperidine rings is 1. The molecule has 15 nitrogen and oxygen atoms in total. The third kappa shape index (κ3) is 8.56. The van der Waals surface area contributed by atoms with E-state index in [0.717, 1.165) is 107 Å². The molecule has 6 heterocycles. The summed E-state index contributed by atoms with van der Waals surface area (Å²) in [5, 5.41) is 8.00. The van der Waals surface area contributed by atoms with Crippen molar-refractivity contribution in [1.29, 1.82) is 0 Å². The van der Waals surface area contributed by atoms with Gasteiger partial charge in [-0.15, -0.1) is 0 Å². The summed E-state index contributed by atoms with van der Waals surface area (Å²) in [5.41, 5.74) is 7.52. The van der Waals surface area contributed by atoms with Gasteiger partial charge < -0.3 is 44.4 Å². The van der Waals surface area contributed by atoms with Crippen LogP contribution in [-0.2, 0) is 28.5 Å². The van der Waals surface area contributed by atoms with Crippen LogP contribution in [0.3, 0.4) is 0 Å². The Kier molecular flexibility index (Phi) is 12.1. The average molecular weight is 924 g/mol. The van der Waals surface area contributed by atoms with Gasteiger partial charge in [0.05, 0.1) is 38.2 Å². The number of benzene rings is 3. The van der Waals surface area contributed by atoms with Gasteiger partial charge in [0.2, 0.25) is 11.8 Å². The second-order valence-electron chi connectivity index (χ2n) is 20.2. The lowest BCUT2D eigenvalue weighted by Gasteiger charge is -2.40. The first-order chi connectivity index (χ1) is 33.2. The molecule has 68 heavy (non-hydrogen) atoms. The number of aliphatic imine (C=N–C) groups is 1. The molecule has 7 aliphatic rings. The zero-order chi connectivity index (χ0) is 46.5. The minimum absolute atomic E-state index is 0.00452. The van der Waals surface area contributed by atoms with E-state index < -0.39 is 24.3 Å². The second-order valence-corrected chi connectivity index (χ2v) is 20.2. The first kappa shape index (κ1) is 44.4. The number of likely N-dealkylation sites (tertiary alicyclic amines) is 2. The molecule has 15 heteroatoms. The number of ether oxygens (including phenoxy) is 4. The van der Waals surface area contributed by atoms with Crippen molar-refractivity contribution in [2.75, 3.05) is 47.2 Å². The van der Waals surface area contributed by atoms with E-state index in [1.807, 2.05) is 17.3 Å². The van der Waals surface area contributed by atoms with E-state index in [1.165, 1.54) is 14.2 Å². The third-order valence-corrected chi connectivity index (χ3v) is 16.3. The maximum atomic E-state index is 14.4. The first-order valence-corrected chi connectivity index (χ1v) is 24.6. The fourth-order valence-corrected chi connectivity index (χ4v) is 12.3. The second kappa shape index (κ2) is 18.4. The maximum Gasteiger partial charge on any atom is 0.407 e. The fourth-order valence-electron chi connectivity index (χ4n) is 12.3. The van der Waals surface area contributed by atoms with Crippen LogP contribution in [0, 0.1) is 23.2 Å². The Balaban J connectivity index is 0.758. The summed E-state index contributed by atoms with van der Waals surface area (Å²) in [6.07, 6.45) is 12.2. The van der Waals surface area contributed by atoms with E-state index in [-0.39, 0.29) is 47.2 Å². The van der Waals surface area contributed by atoms with Crippen LogP contribution in [0.2, 0.25) is 0 Å². The Bertz CT molecular complexity index is 2640. The molecule has 3 aromatic carbocycles. The zero-order valence-electron chi connectivity index (χ0n) is 38.9. The van der Waals surface area contributed by atoms with Gasteiger partial charge in [-0.25, -0.2) is 14.6 Å². The number of H-pyrrole nitrogens is 1. The number of aromatic nitrogens is 2. The number of allylic oxidation sites excluding steroid dienone is 1. The molecular formula is C53H61N7O8. The summed E-state index contributed by atoms with van der Waals surface area (Å²) in [4.78, 5) is 71.2. The van der Waals surface area contributed by atoms with Gasteiger partial charge in [0.15, 0.2) is 0 Å². The van der Waals surface area contributed by atoms with Gasteiger partial charge in [-0.3, -0.25) is 14.6 Å². The quantitative estimate of drug-likeness (QED) is 0.135. The van der Waals surface area contributed by atoms with Crippen LogP contribution >= 0.6 is 0 Å². The van der Waals surface area contributed by atoms with Gasteiger partial charge in [0.1, 0.15) is 17.9 Å². The number of methoxy groups -OCH3 is 2. The number of imidazole rings is 1.